The highest BCUT2D eigenvalue weighted by Gasteiger charge is 2.47. The fourth-order valence-corrected chi connectivity index (χ4v) is 4.48. The lowest BCUT2D eigenvalue weighted by atomic mass is 9.96. The van der Waals surface area contributed by atoms with Crippen LogP contribution < -0.4 is 14.2 Å². The highest BCUT2D eigenvalue weighted by atomic mass is 32.1. The van der Waals surface area contributed by atoms with Crippen molar-refractivity contribution in [1.29, 1.82) is 0 Å². The minimum Gasteiger partial charge on any atom is -0.505 e. The lowest BCUT2D eigenvalue weighted by molar-refractivity contribution is -0.140. The first kappa shape index (κ1) is 22.3. The maximum Gasteiger partial charge on any atom is 0.295 e. The van der Waals surface area contributed by atoms with Gasteiger partial charge in [0.1, 0.15) is 5.69 Å². The standard InChI is InChI=1S/C23H21N3O6S/c1-30-16-9-13(10-17(31-2)22(16)32-3)19-18(20(27)15-11-24-6-7-25-15)21(28)23(29)26(19)12-14-5-4-8-33-14/h4-11,19,27H,12H2,1-3H3/b20-18+. The van der Waals surface area contributed by atoms with Crippen molar-refractivity contribution < 1.29 is 28.9 Å². The van der Waals surface area contributed by atoms with Crippen LogP contribution in [0, 0.1) is 0 Å². The van der Waals surface area contributed by atoms with Crippen LogP contribution in [-0.4, -0.2) is 53.0 Å². The Hall–Kier alpha value is -3.92. The summed E-state index contributed by atoms with van der Waals surface area (Å²) in [5, 5.41) is 12.9. The highest BCUT2D eigenvalue weighted by Crippen LogP contribution is 2.46. The zero-order valence-corrected chi connectivity index (χ0v) is 19.0. The van der Waals surface area contributed by atoms with Gasteiger partial charge in [0, 0.05) is 17.3 Å². The molecule has 1 fully saturated rings. The van der Waals surface area contributed by atoms with Gasteiger partial charge in [-0.25, -0.2) is 4.98 Å². The van der Waals surface area contributed by atoms with Gasteiger partial charge in [0.15, 0.2) is 17.3 Å². The number of carbonyl (C=O) groups is 2. The van der Waals surface area contributed by atoms with Crippen molar-refractivity contribution >= 4 is 28.8 Å². The second-order valence-electron chi connectivity index (χ2n) is 7.06. The van der Waals surface area contributed by atoms with Crippen LogP contribution >= 0.6 is 11.3 Å². The number of Topliss-reactive ketones (excluding diaryl/α,β-unsaturated/α-hetero) is 1. The van der Waals surface area contributed by atoms with E-state index in [0.717, 1.165) is 4.88 Å². The number of ether oxygens (including phenoxy) is 3. The van der Waals surface area contributed by atoms with Gasteiger partial charge in [0.25, 0.3) is 11.7 Å². The summed E-state index contributed by atoms with van der Waals surface area (Å²) in [6.07, 6.45) is 4.17. The first-order valence-corrected chi connectivity index (χ1v) is 10.7. The zero-order chi connectivity index (χ0) is 23.5. The van der Waals surface area contributed by atoms with Crippen molar-refractivity contribution in [1.82, 2.24) is 14.9 Å². The molecule has 0 spiro atoms. The van der Waals surface area contributed by atoms with Crippen LogP contribution in [-0.2, 0) is 16.1 Å². The van der Waals surface area contributed by atoms with E-state index in [4.69, 9.17) is 14.2 Å². The lowest BCUT2D eigenvalue weighted by Crippen LogP contribution is -2.29. The summed E-state index contributed by atoms with van der Waals surface area (Å²) >= 11 is 1.46. The van der Waals surface area contributed by atoms with Crippen LogP contribution in [0.1, 0.15) is 22.2 Å². The minimum absolute atomic E-state index is 0.0871. The summed E-state index contributed by atoms with van der Waals surface area (Å²) in [6.45, 7) is 0.181. The number of amides is 1. The molecular formula is C23H21N3O6S. The molecule has 2 aromatic heterocycles. The van der Waals surface area contributed by atoms with Gasteiger partial charge in [-0.3, -0.25) is 14.6 Å². The first-order valence-electron chi connectivity index (χ1n) is 9.87. The molecule has 1 atom stereocenters. The number of rotatable bonds is 7. The molecule has 10 heteroatoms. The number of hydrogen-bond acceptors (Lipinski definition) is 9. The van der Waals surface area contributed by atoms with Crippen LogP contribution in [0.2, 0.25) is 0 Å². The molecule has 0 radical (unpaired) electrons. The van der Waals surface area contributed by atoms with Crippen LogP contribution in [0.4, 0.5) is 0 Å². The third-order valence-electron chi connectivity index (χ3n) is 5.25. The van der Waals surface area contributed by atoms with Gasteiger partial charge < -0.3 is 24.2 Å². The van der Waals surface area contributed by atoms with Crippen molar-refractivity contribution in [3.63, 3.8) is 0 Å². The van der Waals surface area contributed by atoms with E-state index in [1.807, 2.05) is 17.5 Å². The molecule has 33 heavy (non-hydrogen) atoms. The largest absolute Gasteiger partial charge is 0.505 e. The SMILES string of the molecule is COc1cc(C2/C(=C(\O)c3cnccn3)C(=O)C(=O)N2Cc2cccs2)cc(OC)c1OC. The van der Waals surface area contributed by atoms with E-state index in [-0.39, 0.29) is 17.8 Å². The molecule has 0 bridgehead atoms. The number of methoxy groups -OCH3 is 3. The van der Waals surface area contributed by atoms with Crippen molar-refractivity contribution in [2.75, 3.05) is 21.3 Å². The van der Waals surface area contributed by atoms with E-state index in [2.05, 4.69) is 9.97 Å². The normalized spacial score (nSPS) is 17.3. The van der Waals surface area contributed by atoms with E-state index in [9.17, 15) is 14.7 Å². The molecule has 1 unspecified atom stereocenters. The average molecular weight is 468 g/mol. The summed E-state index contributed by atoms with van der Waals surface area (Å²) in [7, 11) is 4.43. The molecule has 0 saturated carbocycles. The molecule has 0 aliphatic carbocycles. The lowest BCUT2D eigenvalue weighted by Gasteiger charge is -2.26. The molecule has 1 N–H and O–H groups in total. The minimum atomic E-state index is -0.914. The second-order valence-corrected chi connectivity index (χ2v) is 8.09. The first-order chi connectivity index (χ1) is 16.0. The van der Waals surface area contributed by atoms with Gasteiger partial charge in [0.2, 0.25) is 5.75 Å². The van der Waals surface area contributed by atoms with E-state index in [1.54, 1.807) is 12.1 Å². The van der Waals surface area contributed by atoms with Crippen molar-refractivity contribution in [2.24, 2.45) is 0 Å². The summed E-state index contributed by atoms with van der Waals surface area (Å²) in [5.41, 5.74) is 0.501. The number of aliphatic hydroxyl groups excluding tert-OH is 1. The van der Waals surface area contributed by atoms with Crippen molar-refractivity contribution in [2.45, 2.75) is 12.6 Å². The Morgan fingerprint density at radius 2 is 1.85 bits per heavy atom. The van der Waals surface area contributed by atoms with Crippen LogP contribution in [0.15, 0.2) is 53.8 Å². The maximum atomic E-state index is 13.1. The number of aromatic nitrogens is 2. The van der Waals surface area contributed by atoms with Gasteiger partial charge in [-0.2, -0.15) is 0 Å². The Balaban J connectivity index is 1.94. The van der Waals surface area contributed by atoms with Gasteiger partial charge in [-0.1, -0.05) is 6.07 Å². The number of thiophene rings is 1. The summed E-state index contributed by atoms with van der Waals surface area (Å²) in [5.74, 6) is -0.871. The predicted molar refractivity (Wildman–Crippen MR) is 120 cm³/mol. The van der Waals surface area contributed by atoms with Crippen molar-refractivity contribution in [3.8, 4) is 17.2 Å². The maximum absolute atomic E-state index is 13.1. The molecule has 4 rings (SSSR count). The van der Waals surface area contributed by atoms with Gasteiger partial charge in [-0.15, -0.1) is 11.3 Å². The van der Waals surface area contributed by atoms with E-state index < -0.39 is 23.5 Å². The third-order valence-corrected chi connectivity index (χ3v) is 6.12. The molecule has 9 nitrogen and oxygen atoms in total. The molecular weight excluding hydrogens is 446 g/mol. The molecule has 3 heterocycles. The van der Waals surface area contributed by atoms with Gasteiger partial charge in [-0.05, 0) is 29.1 Å². The fraction of sp³-hybridized carbons (Fsp3) is 0.217. The summed E-state index contributed by atoms with van der Waals surface area (Å²) in [4.78, 5) is 36.6. The quantitative estimate of drug-likeness (QED) is 0.320. The van der Waals surface area contributed by atoms with E-state index >= 15 is 0 Å². The van der Waals surface area contributed by atoms with E-state index in [0.29, 0.717) is 22.8 Å². The second kappa shape index (κ2) is 9.29. The Kier molecular flexibility index (Phi) is 6.27. The third kappa shape index (κ3) is 4.00. The van der Waals surface area contributed by atoms with Crippen LogP contribution in [0.5, 0.6) is 17.2 Å². The number of aliphatic hydroxyl groups is 1. The predicted octanol–water partition coefficient (Wildman–Crippen LogP) is 3.19. The van der Waals surface area contributed by atoms with Crippen LogP contribution in [0.25, 0.3) is 5.76 Å². The summed E-state index contributed by atoms with van der Waals surface area (Å²) in [6, 6.07) is 6.14. The number of benzene rings is 1. The van der Waals surface area contributed by atoms with Gasteiger partial charge in [0.05, 0.1) is 45.7 Å². The fourth-order valence-electron chi connectivity index (χ4n) is 3.78. The van der Waals surface area contributed by atoms with Crippen molar-refractivity contribution in [3.05, 3.63) is 69.9 Å². The van der Waals surface area contributed by atoms with Gasteiger partial charge >= 0.3 is 0 Å². The average Bonchev–Trinajstić information content (AvgIpc) is 3.45. The number of likely N-dealkylation sites (tertiary alicyclic amines) is 1. The Labute approximate surface area is 193 Å². The van der Waals surface area contributed by atoms with E-state index in [1.165, 1.54) is 56.2 Å². The summed E-state index contributed by atoms with van der Waals surface area (Å²) < 4.78 is 16.3. The number of nitrogens with zero attached hydrogens (tertiary/aromatic N) is 3. The molecule has 3 aromatic rings. The number of hydrogen-bond donors (Lipinski definition) is 1. The molecule has 170 valence electrons. The number of ketones is 1. The topological polar surface area (TPSA) is 111 Å². The molecule has 1 aliphatic rings. The highest BCUT2D eigenvalue weighted by molar-refractivity contribution is 7.09. The Bertz CT molecular complexity index is 1190. The number of carbonyl (C=O) groups excluding carboxylic acids is 2. The Morgan fingerprint density at radius 1 is 1.12 bits per heavy atom. The zero-order valence-electron chi connectivity index (χ0n) is 18.1. The monoisotopic (exact) mass is 467 g/mol. The molecule has 1 saturated heterocycles. The smallest absolute Gasteiger partial charge is 0.295 e. The molecule has 1 aliphatic heterocycles. The molecule has 1 amide bonds. The molecule has 1 aromatic carbocycles. The van der Waals surface area contributed by atoms with Crippen LogP contribution in [0.3, 0.4) is 0 Å². The Morgan fingerprint density at radius 3 is 2.39 bits per heavy atom.